The number of nitrogens with zero attached hydrogens (tertiary/aromatic N) is 4. The number of carbonyl (C=O) groups is 4. The summed E-state index contributed by atoms with van der Waals surface area (Å²) in [6.45, 7) is 5.68. The topological polar surface area (TPSA) is 150 Å². The van der Waals surface area contributed by atoms with Crippen molar-refractivity contribution in [1.82, 2.24) is 34.9 Å². The monoisotopic (exact) mass is 926 g/mol. The number of aryl methyl sites for hydroxylation is 1. The number of carbonyl (C=O) groups excluding carboxylic acids is 4. The zero-order chi connectivity index (χ0) is 45.2. The van der Waals surface area contributed by atoms with Crippen LogP contribution in [-0.4, -0.2) is 99.5 Å². The van der Waals surface area contributed by atoms with Crippen LogP contribution in [0.4, 0.5) is 10.1 Å². The molecule has 4 aromatic rings. The Morgan fingerprint density at radius 3 is 2.29 bits per heavy atom. The van der Waals surface area contributed by atoms with Crippen LogP contribution in [0.1, 0.15) is 112 Å². The molecule has 344 valence electrons. The summed E-state index contributed by atoms with van der Waals surface area (Å²) in [7, 11) is 1.74. The van der Waals surface area contributed by atoms with Crippen molar-refractivity contribution in [3.63, 3.8) is 0 Å². The number of aromatic nitrogens is 2. The second-order valence-electron chi connectivity index (χ2n) is 19.4. The summed E-state index contributed by atoms with van der Waals surface area (Å²) in [5.41, 5.74) is 2.02. The summed E-state index contributed by atoms with van der Waals surface area (Å²) in [4.78, 5) is 72.1. The van der Waals surface area contributed by atoms with Gasteiger partial charge < -0.3 is 20.4 Å². The van der Waals surface area contributed by atoms with Crippen molar-refractivity contribution in [2.24, 2.45) is 7.05 Å². The first-order chi connectivity index (χ1) is 31.4. The lowest BCUT2D eigenvalue weighted by atomic mass is 9.55. The van der Waals surface area contributed by atoms with Gasteiger partial charge in [-0.3, -0.25) is 38.9 Å². The van der Waals surface area contributed by atoms with E-state index in [2.05, 4.69) is 43.2 Å². The summed E-state index contributed by atoms with van der Waals surface area (Å²) in [5.74, 6) is -2.28. The van der Waals surface area contributed by atoms with Gasteiger partial charge >= 0.3 is 5.69 Å². The number of amides is 4. The van der Waals surface area contributed by atoms with Crippen LogP contribution < -0.4 is 27.0 Å². The lowest BCUT2D eigenvalue weighted by Gasteiger charge is -2.47. The number of imidazole rings is 1. The molecular formula is C49H57Cl2FN8O5. The van der Waals surface area contributed by atoms with Crippen molar-refractivity contribution < 1.29 is 23.6 Å². The number of nitrogens with one attached hydrogen (secondary N) is 4. The molecule has 5 fully saturated rings. The third-order valence-corrected chi connectivity index (χ3v) is 16.4. The highest BCUT2D eigenvalue weighted by atomic mass is 35.5. The van der Waals surface area contributed by atoms with Gasteiger partial charge in [0.2, 0.25) is 23.6 Å². The van der Waals surface area contributed by atoms with Crippen LogP contribution in [0.2, 0.25) is 10.0 Å². The van der Waals surface area contributed by atoms with E-state index in [4.69, 9.17) is 23.2 Å². The van der Waals surface area contributed by atoms with Gasteiger partial charge in [-0.05, 0) is 130 Å². The molecule has 1 unspecified atom stereocenters. The summed E-state index contributed by atoms with van der Waals surface area (Å²) < 4.78 is 19.5. The Bertz CT molecular complexity index is 2610. The molecule has 3 aromatic carbocycles. The lowest BCUT2D eigenvalue weighted by Crippen LogP contribution is -2.60. The predicted octanol–water partition coefficient (Wildman–Crippen LogP) is 6.26. The number of benzene rings is 3. The maximum atomic E-state index is 16.3. The van der Waals surface area contributed by atoms with E-state index in [0.717, 1.165) is 102 Å². The fourth-order valence-corrected chi connectivity index (χ4v) is 13.0. The molecule has 4 amide bonds. The van der Waals surface area contributed by atoms with Gasteiger partial charge in [0.25, 0.3) is 0 Å². The van der Waals surface area contributed by atoms with Crippen LogP contribution in [-0.2, 0) is 31.6 Å². The SMILES string of the molecule is Cn1c(=O)n(C2CCC(=O)NC2=O)c2ccc(C3CCN(CCCN4CCC(NC(=O)[C@@H]5NC6(CCCCC6)[C@@]6(C(=O)Nc7cc(Cl)ccc76)[C@H]5c5cccc(Cl)c5F)CC4)CC3)cc21. The van der Waals surface area contributed by atoms with Gasteiger partial charge in [-0.2, -0.15) is 0 Å². The van der Waals surface area contributed by atoms with Gasteiger partial charge in [0, 0.05) is 54.8 Å². The van der Waals surface area contributed by atoms with Crippen LogP contribution >= 0.6 is 23.2 Å². The van der Waals surface area contributed by atoms with Gasteiger partial charge in [-0.25, -0.2) is 9.18 Å². The Hall–Kier alpha value is -4.60. The summed E-state index contributed by atoms with van der Waals surface area (Å²) in [6.07, 6.45) is 9.33. The largest absolute Gasteiger partial charge is 0.352 e. The van der Waals surface area contributed by atoms with E-state index in [0.29, 0.717) is 41.4 Å². The molecule has 0 radical (unpaired) electrons. The molecule has 13 nitrogen and oxygen atoms in total. The molecule has 4 atom stereocenters. The van der Waals surface area contributed by atoms with Crippen molar-refractivity contribution in [3.05, 3.63) is 97.6 Å². The number of imide groups is 1. The molecule has 6 aliphatic rings. The van der Waals surface area contributed by atoms with Crippen molar-refractivity contribution >= 4 is 63.6 Å². The average molecular weight is 928 g/mol. The first-order valence-electron chi connectivity index (χ1n) is 23.5. The molecular weight excluding hydrogens is 870 g/mol. The Morgan fingerprint density at radius 2 is 1.57 bits per heavy atom. The smallest absolute Gasteiger partial charge is 0.329 e. The zero-order valence-corrected chi connectivity index (χ0v) is 38.3. The van der Waals surface area contributed by atoms with Crippen LogP contribution in [0.15, 0.2) is 59.4 Å². The minimum Gasteiger partial charge on any atom is -0.352 e. The Kier molecular flexibility index (Phi) is 12.0. The first-order valence-corrected chi connectivity index (χ1v) is 24.3. The van der Waals surface area contributed by atoms with Crippen LogP contribution in [0.25, 0.3) is 11.0 Å². The standard InChI is InChI=1S/C49H57Cl2FN8O5/c1-57-39-27-30(9-12-37(39)60(47(57)65)38-13-14-40(61)55-44(38)62)29-15-23-58(24-16-29)21-6-22-59-25-17-32(18-26-59)53-45(63)43-41(33-7-5-8-35(51)42(33)52)49(48(56-43)19-3-2-4-20-48)34-11-10-31(50)28-36(34)54-46(49)64/h5,7-12,27-29,32,38,41,43,56H,2-4,6,13-26H2,1H3,(H,53,63)(H,54,64)(H,55,61,62)/t38?,41-,43+,49+/m0/s1. The van der Waals surface area contributed by atoms with E-state index < -0.39 is 40.7 Å². The van der Waals surface area contributed by atoms with Crippen LogP contribution in [0, 0.1) is 5.82 Å². The second-order valence-corrected chi connectivity index (χ2v) is 20.2. The van der Waals surface area contributed by atoms with Crippen molar-refractivity contribution in [2.45, 2.75) is 118 Å². The van der Waals surface area contributed by atoms with E-state index in [1.165, 1.54) is 16.2 Å². The van der Waals surface area contributed by atoms with Gasteiger partial charge in [0.05, 0.1) is 22.1 Å². The molecule has 4 N–H and O–H groups in total. The quantitative estimate of drug-likeness (QED) is 0.144. The number of hydrogen-bond donors (Lipinski definition) is 4. The average Bonchev–Trinajstić information content (AvgIpc) is 3.85. The fourth-order valence-electron chi connectivity index (χ4n) is 12.7. The molecule has 1 saturated carbocycles. The molecule has 5 aliphatic heterocycles. The van der Waals surface area contributed by atoms with Crippen molar-refractivity contribution in [2.75, 3.05) is 44.6 Å². The zero-order valence-electron chi connectivity index (χ0n) is 36.8. The number of fused-ring (bicyclic) bond motifs is 4. The van der Waals surface area contributed by atoms with Crippen LogP contribution in [0.5, 0.6) is 0 Å². The van der Waals surface area contributed by atoms with Gasteiger partial charge in [-0.15, -0.1) is 0 Å². The molecule has 65 heavy (non-hydrogen) atoms. The summed E-state index contributed by atoms with van der Waals surface area (Å²) in [5, 5.41) is 13.0. The number of hydrogen-bond acceptors (Lipinski definition) is 8. The third kappa shape index (κ3) is 7.61. The molecule has 16 heteroatoms. The summed E-state index contributed by atoms with van der Waals surface area (Å²) >= 11 is 12.9. The van der Waals surface area contributed by atoms with E-state index in [1.807, 2.05) is 12.1 Å². The highest BCUT2D eigenvalue weighted by Gasteiger charge is 2.72. The number of piperidine rings is 3. The highest BCUT2D eigenvalue weighted by Crippen LogP contribution is 2.63. The number of anilines is 1. The second kappa shape index (κ2) is 17.6. The third-order valence-electron chi connectivity index (χ3n) is 15.9. The maximum Gasteiger partial charge on any atom is 0.329 e. The molecule has 1 aromatic heterocycles. The molecule has 2 spiro atoms. The Morgan fingerprint density at radius 1 is 0.846 bits per heavy atom. The fraction of sp³-hybridized carbons (Fsp3) is 0.531. The first kappa shape index (κ1) is 44.2. The van der Waals surface area contributed by atoms with Crippen molar-refractivity contribution in [3.8, 4) is 0 Å². The number of rotatable bonds is 9. The van der Waals surface area contributed by atoms with Crippen molar-refractivity contribution in [1.29, 1.82) is 0 Å². The number of likely N-dealkylation sites (tertiary alicyclic amines) is 2. The minimum atomic E-state index is -1.26. The van der Waals surface area contributed by atoms with E-state index >= 15 is 4.39 Å². The lowest BCUT2D eigenvalue weighted by molar-refractivity contribution is -0.136. The summed E-state index contributed by atoms with van der Waals surface area (Å²) in [6, 6.07) is 14.8. The maximum absolute atomic E-state index is 16.3. The molecule has 0 bridgehead atoms. The predicted molar refractivity (Wildman–Crippen MR) is 248 cm³/mol. The highest BCUT2D eigenvalue weighted by molar-refractivity contribution is 6.31. The Balaban J connectivity index is 0.752. The van der Waals surface area contributed by atoms with E-state index in [-0.39, 0.29) is 46.5 Å². The number of halogens is 3. The van der Waals surface area contributed by atoms with Gasteiger partial charge in [-0.1, -0.05) is 66.7 Å². The van der Waals surface area contributed by atoms with Gasteiger partial charge in [0.1, 0.15) is 17.3 Å². The molecule has 10 rings (SSSR count). The van der Waals surface area contributed by atoms with Gasteiger partial charge in [0.15, 0.2) is 0 Å². The van der Waals surface area contributed by atoms with E-state index in [9.17, 15) is 24.0 Å². The molecule has 1 aliphatic carbocycles. The molecule has 6 heterocycles. The normalized spacial score (nSPS) is 26.5. The molecule has 4 saturated heterocycles. The Labute approximate surface area is 387 Å². The minimum absolute atomic E-state index is 0.0430. The van der Waals surface area contributed by atoms with E-state index in [1.54, 1.807) is 35.9 Å². The van der Waals surface area contributed by atoms with Crippen LogP contribution in [0.3, 0.4) is 0 Å².